The highest BCUT2D eigenvalue weighted by Gasteiger charge is 2.08. The average Bonchev–Trinajstić information content (AvgIpc) is 2.35. The Hall–Kier alpha value is -1.02. The van der Waals surface area contributed by atoms with Crippen LogP contribution < -0.4 is 10.5 Å². The zero-order valence-corrected chi connectivity index (χ0v) is 12.1. The van der Waals surface area contributed by atoms with Gasteiger partial charge in [-0.3, -0.25) is 0 Å². The first-order valence-electron chi connectivity index (χ1n) is 7.05. The Kier molecular flexibility index (Phi) is 6.20. The number of rotatable bonds is 7. The molecule has 1 aromatic rings. The van der Waals surface area contributed by atoms with Crippen LogP contribution in [0.2, 0.25) is 0 Å². The molecule has 18 heavy (non-hydrogen) atoms. The molecule has 0 saturated heterocycles. The Morgan fingerprint density at radius 1 is 1.06 bits per heavy atom. The summed E-state index contributed by atoms with van der Waals surface area (Å²) < 4.78 is 5.64. The van der Waals surface area contributed by atoms with Crippen LogP contribution >= 0.6 is 0 Å². The minimum atomic E-state index is 0.232. The molecule has 2 heteroatoms. The van der Waals surface area contributed by atoms with Crippen LogP contribution in [0, 0.1) is 0 Å². The number of benzene rings is 1. The Labute approximate surface area is 112 Å². The van der Waals surface area contributed by atoms with Gasteiger partial charge in [-0.05, 0) is 56.7 Å². The van der Waals surface area contributed by atoms with E-state index in [1.807, 2.05) is 13.8 Å². The molecule has 1 rings (SSSR count). The van der Waals surface area contributed by atoms with Crippen molar-refractivity contribution in [1.29, 1.82) is 0 Å². The topological polar surface area (TPSA) is 35.2 Å². The zero-order valence-electron chi connectivity index (χ0n) is 12.1. The molecule has 0 heterocycles. The molecule has 2 nitrogen and oxygen atoms in total. The average molecular weight is 249 g/mol. The van der Waals surface area contributed by atoms with Gasteiger partial charge in [-0.25, -0.2) is 0 Å². The molecule has 0 aliphatic carbocycles. The predicted octanol–water partition coefficient (Wildman–Crippen LogP) is 4.09. The van der Waals surface area contributed by atoms with E-state index in [1.165, 1.54) is 5.56 Å². The highest BCUT2D eigenvalue weighted by molar-refractivity contribution is 5.29. The lowest BCUT2D eigenvalue weighted by molar-refractivity contribution is 0.242. The van der Waals surface area contributed by atoms with E-state index in [4.69, 9.17) is 10.5 Å². The third-order valence-corrected chi connectivity index (χ3v) is 3.32. The lowest BCUT2D eigenvalue weighted by Gasteiger charge is -2.16. The van der Waals surface area contributed by atoms with E-state index < -0.39 is 0 Å². The highest BCUT2D eigenvalue weighted by atomic mass is 16.5. The van der Waals surface area contributed by atoms with Crippen LogP contribution in [0.4, 0.5) is 0 Å². The zero-order chi connectivity index (χ0) is 13.5. The van der Waals surface area contributed by atoms with Crippen LogP contribution in [0.3, 0.4) is 0 Å². The minimum absolute atomic E-state index is 0.232. The number of ether oxygens (including phenoxy) is 1. The molecule has 0 spiro atoms. The van der Waals surface area contributed by atoms with Crippen LogP contribution in [0.1, 0.15) is 58.4 Å². The Morgan fingerprint density at radius 3 is 2.17 bits per heavy atom. The van der Waals surface area contributed by atoms with Crippen molar-refractivity contribution in [3.8, 4) is 5.75 Å². The molecule has 0 bridgehead atoms. The molecule has 2 N–H and O–H groups in total. The highest BCUT2D eigenvalue weighted by Crippen LogP contribution is 2.24. The van der Waals surface area contributed by atoms with Gasteiger partial charge in [0.05, 0.1) is 6.10 Å². The first kappa shape index (κ1) is 15.0. The second-order valence-corrected chi connectivity index (χ2v) is 5.38. The number of hydrogen-bond acceptors (Lipinski definition) is 2. The van der Waals surface area contributed by atoms with Crippen molar-refractivity contribution in [1.82, 2.24) is 0 Å². The molecule has 0 radical (unpaired) electrons. The van der Waals surface area contributed by atoms with Gasteiger partial charge in [0.15, 0.2) is 0 Å². The molecule has 1 aromatic carbocycles. The summed E-state index contributed by atoms with van der Waals surface area (Å²) in [6.07, 6.45) is 3.55. The summed E-state index contributed by atoms with van der Waals surface area (Å²) in [6.45, 7) is 8.50. The normalized spacial score (nSPS) is 14.6. The van der Waals surface area contributed by atoms with Crippen LogP contribution in [0.15, 0.2) is 24.3 Å². The van der Waals surface area contributed by atoms with Gasteiger partial charge < -0.3 is 10.5 Å². The maximum absolute atomic E-state index is 5.96. The van der Waals surface area contributed by atoms with E-state index in [-0.39, 0.29) is 6.10 Å². The molecule has 2 atom stereocenters. The van der Waals surface area contributed by atoms with Crippen molar-refractivity contribution in [2.75, 3.05) is 0 Å². The maximum atomic E-state index is 5.96. The fourth-order valence-electron chi connectivity index (χ4n) is 1.98. The fraction of sp³-hybridized carbons (Fsp3) is 0.625. The summed E-state index contributed by atoms with van der Waals surface area (Å²) in [6, 6.07) is 8.80. The van der Waals surface area contributed by atoms with E-state index in [9.17, 15) is 0 Å². The van der Waals surface area contributed by atoms with Gasteiger partial charge in [0, 0.05) is 6.04 Å². The second-order valence-electron chi connectivity index (χ2n) is 5.38. The largest absolute Gasteiger partial charge is 0.491 e. The van der Waals surface area contributed by atoms with Crippen molar-refractivity contribution in [2.24, 2.45) is 5.73 Å². The lowest BCUT2D eigenvalue weighted by atomic mass is 9.94. The molecule has 0 aliphatic rings. The van der Waals surface area contributed by atoms with Gasteiger partial charge >= 0.3 is 0 Å². The van der Waals surface area contributed by atoms with Crippen LogP contribution in [-0.2, 0) is 0 Å². The van der Waals surface area contributed by atoms with Crippen LogP contribution in [-0.4, -0.2) is 12.1 Å². The van der Waals surface area contributed by atoms with E-state index in [2.05, 4.69) is 38.1 Å². The SMILES string of the molecule is CCC(N)CCC(C)c1ccc(OC(C)C)cc1. The van der Waals surface area contributed by atoms with E-state index in [0.29, 0.717) is 12.0 Å². The second kappa shape index (κ2) is 7.42. The number of nitrogens with two attached hydrogens (primary N) is 1. The van der Waals surface area contributed by atoms with Gasteiger partial charge in [-0.1, -0.05) is 26.0 Å². The Morgan fingerprint density at radius 2 is 1.67 bits per heavy atom. The molecule has 102 valence electrons. The maximum Gasteiger partial charge on any atom is 0.119 e. The smallest absolute Gasteiger partial charge is 0.119 e. The van der Waals surface area contributed by atoms with E-state index in [1.54, 1.807) is 0 Å². The predicted molar refractivity (Wildman–Crippen MR) is 78.1 cm³/mol. The molecule has 0 amide bonds. The molecule has 0 saturated carbocycles. The lowest BCUT2D eigenvalue weighted by Crippen LogP contribution is -2.18. The van der Waals surface area contributed by atoms with Gasteiger partial charge in [0.2, 0.25) is 0 Å². The third-order valence-electron chi connectivity index (χ3n) is 3.32. The van der Waals surface area contributed by atoms with Gasteiger partial charge in [-0.15, -0.1) is 0 Å². The van der Waals surface area contributed by atoms with Crippen molar-refractivity contribution in [2.45, 2.75) is 65.0 Å². The Balaban J connectivity index is 2.50. The van der Waals surface area contributed by atoms with Crippen molar-refractivity contribution >= 4 is 0 Å². The third kappa shape index (κ3) is 5.09. The summed E-state index contributed by atoms with van der Waals surface area (Å²) in [5.74, 6) is 1.52. The minimum Gasteiger partial charge on any atom is -0.491 e. The number of hydrogen-bond donors (Lipinski definition) is 1. The molecule has 0 aliphatic heterocycles. The van der Waals surface area contributed by atoms with Gasteiger partial charge in [-0.2, -0.15) is 0 Å². The summed E-state index contributed by atoms with van der Waals surface area (Å²) in [7, 11) is 0. The first-order chi connectivity index (χ1) is 8.52. The van der Waals surface area contributed by atoms with E-state index in [0.717, 1.165) is 25.0 Å². The van der Waals surface area contributed by atoms with Crippen LogP contribution in [0.5, 0.6) is 5.75 Å². The molecule has 2 unspecified atom stereocenters. The monoisotopic (exact) mass is 249 g/mol. The molecule has 0 fully saturated rings. The van der Waals surface area contributed by atoms with Gasteiger partial charge in [0.1, 0.15) is 5.75 Å². The van der Waals surface area contributed by atoms with E-state index >= 15 is 0 Å². The summed E-state index contributed by atoms with van der Waals surface area (Å²) in [5.41, 5.74) is 7.33. The quantitative estimate of drug-likeness (QED) is 0.789. The first-order valence-corrected chi connectivity index (χ1v) is 7.05. The standard InChI is InChI=1S/C16H27NO/c1-5-15(17)9-6-13(4)14-7-10-16(11-8-14)18-12(2)3/h7-8,10-13,15H,5-6,9,17H2,1-4H3. The molecular weight excluding hydrogens is 222 g/mol. The van der Waals surface area contributed by atoms with Gasteiger partial charge in [0.25, 0.3) is 0 Å². The van der Waals surface area contributed by atoms with Crippen molar-refractivity contribution < 1.29 is 4.74 Å². The molecule has 0 aromatic heterocycles. The summed E-state index contributed by atoms with van der Waals surface area (Å²) in [4.78, 5) is 0. The Bertz CT molecular complexity index is 331. The van der Waals surface area contributed by atoms with Crippen LogP contribution in [0.25, 0.3) is 0 Å². The van der Waals surface area contributed by atoms with Crippen molar-refractivity contribution in [3.63, 3.8) is 0 Å². The van der Waals surface area contributed by atoms with Crippen molar-refractivity contribution in [3.05, 3.63) is 29.8 Å². The fourth-order valence-corrected chi connectivity index (χ4v) is 1.98. The molecular formula is C16H27NO. The summed E-state index contributed by atoms with van der Waals surface area (Å²) >= 11 is 0. The summed E-state index contributed by atoms with van der Waals surface area (Å²) in [5, 5.41) is 0.